The molecule has 0 aromatic heterocycles. The van der Waals surface area contributed by atoms with E-state index in [1.54, 1.807) is 12.1 Å². The van der Waals surface area contributed by atoms with Crippen LogP contribution >= 0.6 is 0 Å². The number of aromatic hydroxyl groups is 1. The Hall–Kier alpha value is -3.92. The number of benzene rings is 2. The van der Waals surface area contributed by atoms with E-state index < -0.39 is 48.9 Å². The minimum atomic E-state index is -1.21. The summed E-state index contributed by atoms with van der Waals surface area (Å²) < 4.78 is 0. The second-order valence-corrected chi connectivity index (χ2v) is 7.12. The Morgan fingerprint density at radius 2 is 1.44 bits per heavy atom. The van der Waals surface area contributed by atoms with Crippen LogP contribution in [0.15, 0.2) is 54.6 Å². The van der Waals surface area contributed by atoms with E-state index in [4.69, 9.17) is 10.8 Å². The smallest absolute Gasteiger partial charge is 0.322 e. The molecule has 170 valence electrons. The van der Waals surface area contributed by atoms with Crippen molar-refractivity contribution in [3.8, 4) is 5.75 Å². The van der Waals surface area contributed by atoms with Crippen LogP contribution in [-0.2, 0) is 32.0 Å². The van der Waals surface area contributed by atoms with Crippen molar-refractivity contribution in [3.63, 3.8) is 0 Å². The summed E-state index contributed by atoms with van der Waals surface area (Å²) in [5, 5.41) is 25.2. The molecule has 32 heavy (non-hydrogen) atoms. The maximum Gasteiger partial charge on any atom is 0.322 e. The Balaban J connectivity index is 2.03. The van der Waals surface area contributed by atoms with E-state index in [0.29, 0.717) is 5.56 Å². The van der Waals surface area contributed by atoms with Crippen molar-refractivity contribution in [1.82, 2.24) is 16.0 Å². The highest BCUT2D eigenvalue weighted by molar-refractivity contribution is 5.92. The molecule has 0 radical (unpaired) electrons. The van der Waals surface area contributed by atoms with Crippen LogP contribution in [0, 0.1) is 0 Å². The number of rotatable bonds is 11. The highest BCUT2D eigenvalue weighted by Gasteiger charge is 2.24. The summed E-state index contributed by atoms with van der Waals surface area (Å²) in [6.45, 7) is -1.03. The third kappa shape index (κ3) is 8.44. The van der Waals surface area contributed by atoms with E-state index in [2.05, 4.69) is 16.0 Å². The molecule has 2 unspecified atom stereocenters. The van der Waals surface area contributed by atoms with Crippen LogP contribution in [-0.4, -0.2) is 59.1 Å². The van der Waals surface area contributed by atoms with Crippen LogP contribution in [0.3, 0.4) is 0 Å². The van der Waals surface area contributed by atoms with Gasteiger partial charge in [0.15, 0.2) is 0 Å². The third-order valence-corrected chi connectivity index (χ3v) is 4.50. The maximum absolute atomic E-state index is 12.7. The van der Waals surface area contributed by atoms with Gasteiger partial charge in [0.25, 0.3) is 0 Å². The molecular formula is C22H26N4O6. The van der Waals surface area contributed by atoms with E-state index in [1.165, 1.54) is 12.1 Å². The number of amides is 3. The van der Waals surface area contributed by atoms with Gasteiger partial charge in [-0.05, 0) is 29.7 Å². The fraction of sp³-hybridized carbons (Fsp3) is 0.273. The Labute approximate surface area is 184 Å². The number of carbonyl (C=O) groups excluding carboxylic acids is 3. The zero-order valence-corrected chi connectivity index (χ0v) is 17.3. The highest BCUT2D eigenvalue weighted by Crippen LogP contribution is 2.12. The number of nitrogens with two attached hydrogens (primary N) is 1. The van der Waals surface area contributed by atoms with E-state index in [1.807, 2.05) is 30.3 Å². The van der Waals surface area contributed by atoms with E-state index in [9.17, 15) is 24.3 Å². The highest BCUT2D eigenvalue weighted by atomic mass is 16.4. The molecule has 0 aliphatic rings. The molecule has 10 heteroatoms. The summed E-state index contributed by atoms with van der Waals surface area (Å²) in [4.78, 5) is 47.5. The molecule has 0 aliphatic heterocycles. The van der Waals surface area contributed by atoms with Crippen molar-refractivity contribution >= 4 is 23.7 Å². The maximum atomic E-state index is 12.7. The van der Waals surface area contributed by atoms with Gasteiger partial charge in [0, 0.05) is 6.42 Å². The van der Waals surface area contributed by atoms with Crippen LogP contribution in [0.1, 0.15) is 11.1 Å². The lowest BCUT2D eigenvalue weighted by Crippen LogP contribution is -2.54. The van der Waals surface area contributed by atoms with Gasteiger partial charge in [-0.25, -0.2) is 0 Å². The lowest BCUT2D eigenvalue weighted by Gasteiger charge is -2.21. The van der Waals surface area contributed by atoms with Crippen LogP contribution in [0.4, 0.5) is 0 Å². The van der Waals surface area contributed by atoms with E-state index >= 15 is 0 Å². The summed E-state index contributed by atoms with van der Waals surface area (Å²) in [7, 11) is 0. The van der Waals surface area contributed by atoms with Gasteiger partial charge in [-0.2, -0.15) is 0 Å². The van der Waals surface area contributed by atoms with Crippen molar-refractivity contribution in [3.05, 3.63) is 65.7 Å². The molecule has 0 saturated carbocycles. The molecule has 2 aromatic rings. The fourth-order valence-corrected chi connectivity index (χ4v) is 2.84. The normalized spacial score (nSPS) is 12.3. The molecule has 0 fully saturated rings. The quantitative estimate of drug-likeness (QED) is 0.267. The Morgan fingerprint density at radius 1 is 0.812 bits per heavy atom. The molecule has 7 N–H and O–H groups in total. The number of aliphatic carboxylic acids is 1. The zero-order chi connectivity index (χ0) is 23.5. The van der Waals surface area contributed by atoms with Crippen LogP contribution in [0.5, 0.6) is 5.75 Å². The van der Waals surface area contributed by atoms with Gasteiger partial charge < -0.3 is 31.9 Å². The standard InChI is InChI=1S/C22H26N4O6/c23-17(10-14-4-2-1-3-5-14)21(31)26-18(11-15-6-8-16(27)9-7-15)22(32)25-12-19(28)24-13-20(29)30/h1-9,17-18,27H,10-13,23H2,(H,24,28)(H,25,32)(H,26,31)(H,29,30). The molecular weight excluding hydrogens is 416 g/mol. The Morgan fingerprint density at radius 3 is 2.06 bits per heavy atom. The number of carboxylic acid groups (broad SMARTS) is 1. The molecule has 2 atom stereocenters. The molecule has 0 bridgehead atoms. The number of nitrogens with one attached hydrogen (secondary N) is 3. The van der Waals surface area contributed by atoms with E-state index in [0.717, 1.165) is 5.56 Å². The van der Waals surface area contributed by atoms with Gasteiger partial charge in [0.1, 0.15) is 18.3 Å². The largest absolute Gasteiger partial charge is 0.508 e. The fourth-order valence-electron chi connectivity index (χ4n) is 2.84. The predicted molar refractivity (Wildman–Crippen MR) is 116 cm³/mol. The number of phenolic OH excluding ortho intramolecular Hbond substituents is 1. The first kappa shape index (κ1) is 24.4. The van der Waals surface area contributed by atoms with Crippen LogP contribution in [0.25, 0.3) is 0 Å². The minimum absolute atomic E-state index is 0.0544. The summed E-state index contributed by atoms with van der Waals surface area (Å²) in [6, 6.07) is 13.3. The lowest BCUT2D eigenvalue weighted by atomic mass is 10.0. The molecule has 0 spiro atoms. The van der Waals surface area contributed by atoms with Crippen molar-refractivity contribution in [1.29, 1.82) is 0 Å². The van der Waals surface area contributed by atoms with Gasteiger partial charge in [0.2, 0.25) is 17.7 Å². The average Bonchev–Trinajstić information content (AvgIpc) is 2.77. The van der Waals surface area contributed by atoms with Crippen molar-refractivity contribution in [2.45, 2.75) is 24.9 Å². The number of carboxylic acids is 1. The summed E-state index contributed by atoms with van der Waals surface area (Å²) in [5.74, 6) is -3.02. The number of phenols is 1. The minimum Gasteiger partial charge on any atom is -0.508 e. The molecule has 10 nitrogen and oxygen atoms in total. The Kier molecular flexibility index (Phi) is 9.18. The summed E-state index contributed by atoms with van der Waals surface area (Å²) in [5.41, 5.74) is 7.53. The monoisotopic (exact) mass is 442 g/mol. The zero-order valence-electron chi connectivity index (χ0n) is 17.3. The van der Waals surface area contributed by atoms with Gasteiger partial charge in [-0.1, -0.05) is 42.5 Å². The van der Waals surface area contributed by atoms with Crippen molar-refractivity contribution < 1.29 is 29.4 Å². The number of hydrogen-bond donors (Lipinski definition) is 6. The van der Waals surface area contributed by atoms with Gasteiger partial charge in [-0.3, -0.25) is 19.2 Å². The first-order valence-electron chi connectivity index (χ1n) is 9.88. The first-order valence-corrected chi connectivity index (χ1v) is 9.88. The van der Waals surface area contributed by atoms with Gasteiger partial charge in [0.05, 0.1) is 12.6 Å². The second kappa shape index (κ2) is 12.1. The number of hydrogen-bond acceptors (Lipinski definition) is 6. The third-order valence-electron chi connectivity index (χ3n) is 4.50. The molecule has 0 saturated heterocycles. The predicted octanol–water partition coefficient (Wildman–Crippen LogP) is -0.693. The van der Waals surface area contributed by atoms with Gasteiger partial charge in [-0.15, -0.1) is 0 Å². The Bertz CT molecular complexity index is 933. The second-order valence-electron chi connectivity index (χ2n) is 7.12. The molecule has 0 heterocycles. The molecule has 0 aliphatic carbocycles. The van der Waals surface area contributed by atoms with Crippen molar-refractivity contribution in [2.24, 2.45) is 5.73 Å². The average molecular weight is 442 g/mol. The van der Waals surface area contributed by atoms with E-state index in [-0.39, 0.29) is 18.6 Å². The molecule has 2 aromatic carbocycles. The molecule has 2 rings (SSSR count). The summed E-state index contributed by atoms with van der Waals surface area (Å²) in [6.07, 6.45) is 0.366. The lowest BCUT2D eigenvalue weighted by molar-refractivity contribution is -0.138. The van der Waals surface area contributed by atoms with Crippen molar-refractivity contribution in [2.75, 3.05) is 13.1 Å². The SMILES string of the molecule is NC(Cc1ccccc1)C(=O)NC(Cc1ccc(O)cc1)C(=O)NCC(=O)NCC(=O)O. The summed E-state index contributed by atoms with van der Waals surface area (Å²) >= 11 is 0. The van der Waals surface area contributed by atoms with Gasteiger partial charge >= 0.3 is 5.97 Å². The first-order chi connectivity index (χ1) is 15.2. The number of carbonyl (C=O) groups is 4. The van der Waals surface area contributed by atoms with Crippen LogP contribution < -0.4 is 21.7 Å². The van der Waals surface area contributed by atoms with Crippen LogP contribution in [0.2, 0.25) is 0 Å². The topological polar surface area (TPSA) is 171 Å². The molecule has 3 amide bonds.